The monoisotopic (exact) mass is 255 g/mol. The van der Waals surface area contributed by atoms with Crippen molar-refractivity contribution in [2.24, 2.45) is 5.92 Å². The molecule has 0 spiro atoms. The number of anilines is 1. The van der Waals surface area contributed by atoms with E-state index in [1.807, 2.05) is 0 Å². The molecule has 0 N–H and O–H groups in total. The Bertz CT molecular complexity index is 524. The van der Waals surface area contributed by atoms with Gasteiger partial charge >= 0.3 is 0 Å². The van der Waals surface area contributed by atoms with Crippen LogP contribution in [0.1, 0.15) is 49.9 Å². The SMILES string of the molecule is CC(C)CN(c1nc2c(cc1C#N)CCC2)C1CC1. The lowest BCUT2D eigenvalue weighted by Gasteiger charge is -2.27. The van der Waals surface area contributed by atoms with Gasteiger partial charge in [-0.25, -0.2) is 4.98 Å². The molecule has 0 aromatic carbocycles. The highest BCUT2D eigenvalue weighted by atomic mass is 15.2. The van der Waals surface area contributed by atoms with Gasteiger partial charge in [-0.1, -0.05) is 13.8 Å². The Kier molecular flexibility index (Phi) is 3.18. The van der Waals surface area contributed by atoms with E-state index in [1.165, 1.54) is 30.5 Å². The van der Waals surface area contributed by atoms with E-state index < -0.39 is 0 Å². The summed E-state index contributed by atoms with van der Waals surface area (Å²) in [5.74, 6) is 1.54. The van der Waals surface area contributed by atoms with Crippen LogP contribution in [0.3, 0.4) is 0 Å². The second-order valence-electron chi connectivity index (χ2n) is 6.21. The van der Waals surface area contributed by atoms with Gasteiger partial charge < -0.3 is 4.90 Å². The van der Waals surface area contributed by atoms with E-state index in [2.05, 4.69) is 30.9 Å². The Balaban J connectivity index is 1.99. The number of rotatable bonds is 4. The minimum Gasteiger partial charge on any atom is -0.352 e. The summed E-state index contributed by atoms with van der Waals surface area (Å²) in [7, 11) is 0. The van der Waals surface area contributed by atoms with Crippen LogP contribution in [-0.4, -0.2) is 17.6 Å². The van der Waals surface area contributed by atoms with E-state index in [-0.39, 0.29) is 0 Å². The van der Waals surface area contributed by atoms with E-state index >= 15 is 0 Å². The molecule has 0 unspecified atom stereocenters. The zero-order valence-electron chi connectivity index (χ0n) is 11.8. The van der Waals surface area contributed by atoms with Crippen molar-refractivity contribution in [3.05, 3.63) is 22.9 Å². The van der Waals surface area contributed by atoms with Crippen molar-refractivity contribution in [3.8, 4) is 6.07 Å². The van der Waals surface area contributed by atoms with Gasteiger partial charge in [0.15, 0.2) is 0 Å². The quantitative estimate of drug-likeness (QED) is 0.830. The van der Waals surface area contributed by atoms with Crippen LogP contribution in [0.25, 0.3) is 0 Å². The van der Waals surface area contributed by atoms with Crippen LogP contribution in [0.15, 0.2) is 6.07 Å². The normalized spacial score (nSPS) is 17.4. The van der Waals surface area contributed by atoms with Crippen LogP contribution in [-0.2, 0) is 12.8 Å². The van der Waals surface area contributed by atoms with Crippen LogP contribution in [0, 0.1) is 17.2 Å². The van der Waals surface area contributed by atoms with Crippen molar-refractivity contribution < 1.29 is 0 Å². The van der Waals surface area contributed by atoms with Gasteiger partial charge in [-0.2, -0.15) is 5.26 Å². The summed E-state index contributed by atoms with van der Waals surface area (Å²) in [5, 5.41) is 9.42. The van der Waals surface area contributed by atoms with Gasteiger partial charge in [0, 0.05) is 18.3 Å². The van der Waals surface area contributed by atoms with Crippen LogP contribution in [0.4, 0.5) is 5.82 Å². The largest absolute Gasteiger partial charge is 0.352 e. The van der Waals surface area contributed by atoms with Crippen molar-refractivity contribution in [1.82, 2.24) is 4.98 Å². The highest BCUT2D eigenvalue weighted by molar-refractivity contribution is 5.58. The van der Waals surface area contributed by atoms with E-state index in [0.29, 0.717) is 12.0 Å². The first-order valence-corrected chi connectivity index (χ1v) is 7.38. The van der Waals surface area contributed by atoms with Gasteiger partial charge in [-0.15, -0.1) is 0 Å². The summed E-state index contributed by atoms with van der Waals surface area (Å²) in [4.78, 5) is 7.22. The first-order valence-electron chi connectivity index (χ1n) is 7.38. The Labute approximate surface area is 115 Å². The van der Waals surface area contributed by atoms with Crippen LogP contribution in [0.5, 0.6) is 0 Å². The molecule has 100 valence electrons. The summed E-state index contributed by atoms with van der Waals surface area (Å²) in [6.45, 7) is 5.47. The fourth-order valence-corrected chi connectivity index (χ4v) is 2.95. The van der Waals surface area contributed by atoms with Crippen LogP contribution < -0.4 is 4.90 Å². The van der Waals surface area contributed by atoms with Gasteiger partial charge in [0.25, 0.3) is 0 Å². The molecular formula is C16H21N3. The van der Waals surface area contributed by atoms with E-state index in [9.17, 15) is 5.26 Å². The number of aromatic nitrogens is 1. The van der Waals surface area contributed by atoms with Crippen molar-refractivity contribution in [2.45, 2.75) is 52.0 Å². The number of hydrogen-bond donors (Lipinski definition) is 0. The number of nitriles is 1. The molecule has 1 aromatic heterocycles. The predicted octanol–water partition coefficient (Wildman–Crippen LogP) is 3.07. The fraction of sp³-hybridized carbons (Fsp3) is 0.625. The van der Waals surface area contributed by atoms with Crippen molar-refractivity contribution >= 4 is 5.82 Å². The Morgan fingerprint density at radius 1 is 1.42 bits per heavy atom. The molecule has 1 aromatic rings. The van der Waals surface area contributed by atoms with Crippen molar-refractivity contribution in [1.29, 1.82) is 5.26 Å². The maximum atomic E-state index is 9.42. The summed E-state index contributed by atoms with van der Waals surface area (Å²) in [6.07, 6.45) is 5.84. The van der Waals surface area contributed by atoms with Gasteiger partial charge in [0.2, 0.25) is 0 Å². The molecule has 2 aliphatic carbocycles. The molecule has 0 bridgehead atoms. The molecule has 3 nitrogen and oxygen atoms in total. The Hall–Kier alpha value is -1.56. The van der Waals surface area contributed by atoms with E-state index in [4.69, 9.17) is 4.98 Å². The molecule has 1 saturated carbocycles. The fourth-order valence-electron chi connectivity index (χ4n) is 2.95. The number of pyridine rings is 1. The number of fused-ring (bicyclic) bond motifs is 1. The lowest BCUT2D eigenvalue weighted by molar-refractivity contribution is 0.601. The van der Waals surface area contributed by atoms with Gasteiger partial charge in [0.1, 0.15) is 11.9 Å². The average Bonchev–Trinajstić information content (AvgIpc) is 3.12. The zero-order chi connectivity index (χ0) is 13.4. The standard InChI is InChI=1S/C16H21N3/c1-11(2)10-19(14-6-7-14)16-13(9-17)8-12-4-3-5-15(12)18-16/h8,11,14H,3-7,10H2,1-2H3. The molecule has 1 fully saturated rings. The lowest BCUT2D eigenvalue weighted by Crippen LogP contribution is -2.31. The third kappa shape index (κ3) is 2.45. The summed E-state index contributed by atoms with van der Waals surface area (Å²) in [5.41, 5.74) is 3.29. The molecular weight excluding hydrogens is 234 g/mol. The summed E-state index contributed by atoms with van der Waals surface area (Å²) < 4.78 is 0. The molecule has 0 atom stereocenters. The lowest BCUT2D eigenvalue weighted by atomic mass is 10.1. The Morgan fingerprint density at radius 3 is 2.84 bits per heavy atom. The van der Waals surface area contributed by atoms with E-state index in [0.717, 1.165) is 30.8 Å². The van der Waals surface area contributed by atoms with E-state index in [1.54, 1.807) is 0 Å². The number of hydrogen-bond acceptors (Lipinski definition) is 3. The molecule has 3 heteroatoms. The van der Waals surface area contributed by atoms with Crippen molar-refractivity contribution in [2.75, 3.05) is 11.4 Å². The summed E-state index contributed by atoms with van der Waals surface area (Å²) in [6, 6.07) is 5.05. The average molecular weight is 255 g/mol. The predicted molar refractivity (Wildman–Crippen MR) is 76.2 cm³/mol. The molecule has 0 aliphatic heterocycles. The molecule has 3 rings (SSSR count). The minimum atomic E-state index is 0.599. The molecule has 1 heterocycles. The molecule has 0 saturated heterocycles. The van der Waals surface area contributed by atoms with Crippen LogP contribution in [0.2, 0.25) is 0 Å². The molecule has 19 heavy (non-hydrogen) atoms. The minimum absolute atomic E-state index is 0.599. The third-order valence-electron chi connectivity index (χ3n) is 3.97. The second kappa shape index (κ2) is 4.85. The number of nitrogens with zero attached hydrogens (tertiary/aromatic N) is 3. The molecule has 0 radical (unpaired) electrons. The molecule has 2 aliphatic rings. The first kappa shape index (κ1) is 12.5. The van der Waals surface area contributed by atoms with Gasteiger partial charge in [-0.05, 0) is 49.7 Å². The smallest absolute Gasteiger partial charge is 0.147 e. The molecule has 0 amide bonds. The van der Waals surface area contributed by atoms with Gasteiger partial charge in [0.05, 0.1) is 5.56 Å². The maximum absolute atomic E-state index is 9.42. The van der Waals surface area contributed by atoms with Gasteiger partial charge in [-0.3, -0.25) is 0 Å². The highest BCUT2D eigenvalue weighted by Gasteiger charge is 2.32. The number of aryl methyl sites for hydroxylation is 2. The topological polar surface area (TPSA) is 39.9 Å². The highest BCUT2D eigenvalue weighted by Crippen LogP contribution is 2.35. The first-order chi connectivity index (χ1) is 9.19. The Morgan fingerprint density at radius 2 is 2.21 bits per heavy atom. The third-order valence-corrected chi connectivity index (χ3v) is 3.97. The van der Waals surface area contributed by atoms with Crippen LogP contribution >= 0.6 is 0 Å². The maximum Gasteiger partial charge on any atom is 0.147 e. The second-order valence-corrected chi connectivity index (χ2v) is 6.21. The zero-order valence-corrected chi connectivity index (χ0v) is 11.8. The summed E-state index contributed by atoms with van der Waals surface area (Å²) >= 11 is 0. The van der Waals surface area contributed by atoms with Crippen molar-refractivity contribution in [3.63, 3.8) is 0 Å².